The molecular weight excluding hydrogens is 328 g/mol. The Morgan fingerprint density at radius 3 is 2.54 bits per heavy atom. The first-order chi connectivity index (χ1) is 12.6. The molecule has 0 aliphatic carbocycles. The van der Waals surface area contributed by atoms with Crippen LogP contribution < -0.4 is 10.9 Å². The monoisotopic (exact) mass is 350 g/mol. The summed E-state index contributed by atoms with van der Waals surface area (Å²) >= 11 is 0. The molecule has 1 atom stereocenters. The summed E-state index contributed by atoms with van der Waals surface area (Å²) in [6, 6.07) is 17.4. The number of likely N-dealkylation sites (N-methyl/N-ethyl adjacent to an activating group) is 1. The number of aromatic nitrogens is 2. The quantitative estimate of drug-likeness (QED) is 0.736. The molecule has 6 heteroatoms. The molecule has 2 aromatic carbocycles. The van der Waals surface area contributed by atoms with E-state index in [1.807, 2.05) is 62.6 Å². The highest BCUT2D eigenvalue weighted by Crippen LogP contribution is 2.16. The number of hydrogen-bond acceptors (Lipinski definition) is 4. The summed E-state index contributed by atoms with van der Waals surface area (Å²) < 4.78 is 1.45. The molecule has 3 rings (SSSR count). The summed E-state index contributed by atoms with van der Waals surface area (Å²) in [6.07, 6.45) is 1.25. The lowest BCUT2D eigenvalue weighted by Gasteiger charge is -2.25. The minimum absolute atomic E-state index is 0.0309. The first-order valence-electron chi connectivity index (χ1n) is 8.49. The van der Waals surface area contributed by atoms with Crippen LogP contribution >= 0.6 is 0 Å². The maximum absolute atomic E-state index is 12.5. The van der Waals surface area contributed by atoms with E-state index in [0.717, 1.165) is 5.56 Å². The summed E-state index contributed by atoms with van der Waals surface area (Å²) in [7, 11) is 3.95. The van der Waals surface area contributed by atoms with E-state index in [4.69, 9.17) is 0 Å². The molecule has 1 aromatic heterocycles. The standard InChI is InChI=1S/C20H22N4O2/c1-23(2)18(15-8-4-3-5-9-15)12-22-19(25)14-24-17-11-7-6-10-16(17)21-13-20(24)26/h3-11,13,18H,12,14H2,1-2H3,(H,22,25). The second kappa shape index (κ2) is 7.93. The fourth-order valence-electron chi connectivity index (χ4n) is 2.96. The Morgan fingerprint density at radius 2 is 1.81 bits per heavy atom. The van der Waals surface area contributed by atoms with Gasteiger partial charge in [-0.2, -0.15) is 0 Å². The van der Waals surface area contributed by atoms with Crippen molar-refractivity contribution in [3.05, 3.63) is 76.7 Å². The summed E-state index contributed by atoms with van der Waals surface area (Å²) in [5.41, 5.74) is 2.19. The van der Waals surface area contributed by atoms with Gasteiger partial charge in [0.05, 0.1) is 23.3 Å². The largest absolute Gasteiger partial charge is 0.353 e. The fourth-order valence-corrected chi connectivity index (χ4v) is 2.96. The second-order valence-electron chi connectivity index (χ2n) is 6.37. The molecule has 26 heavy (non-hydrogen) atoms. The molecule has 134 valence electrons. The van der Waals surface area contributed by atoms with Crippen LogP contribution in [0.15, 0.2) is 65.6 Å². The number of rotatable bonds is 6. The van der Waals surface area contributed by atoms with Crippen molar-refractivity contribution in [2.45, 2.75) is 12.6 Å². The molecule has 0 aliphatic heterocycles. The normalized spacial score (nSPS) is 12.3. The van der Waals surface area contributed by atoms with E-state index in [0.29, 0.717) is 17.6 Å². The van der Waals surface area contributed by atoms with Crippen LogP contribution in [0.25, 0.3) is 11.0 Å². The number of para-hydroxylation sites is 2. The molecule has 0 saturated heterocycles. The Balaban J connectivity index is 1.73. The molecule has 1 unspecified atom stereocenters. The Hall–Kier alpha value is -2.99. The van der Waals surface area contributed by atoms with Gasteiger partial charge >= 0.3 is 0 Å². The van der Waals surface area contributed by atoms with Crippen LogP contribution in [0, 0.1) is 0 Å². The number of benzene rings is 2. The van der Waals surface area contributed by atoms with Gasteiger partial charge in [0.1, 0.15) is 6.54 Å². The van der Waals surface area contributed by atoms with Crippen LogP contribution in [0.4, 0.5) is 0 Å². The Morgan fingerprint density at radius 1 is 1.12 bits per heavy atom. The van der Waals surface area contributed by atoms with E-state index in [1.54, 1.807) is 6.07 Å². The topological polar surface area (TPSA) is 67.2 Å². The predicted octanol–water partition coefficient (Wildman–Crippen LogP) is 1.82. The van der Waals surface area contributed by atoms with Crippen molar-refractivity contribution in [3.63, 3.8) is 0 Å². The van der Waals surface area contributed by atoms with Gasteiger partial charge in [-0.3, -0.25) is 14.2 Å². The molecule has 0 spiro atoms. The third kappa shape index (κ3) is 3.97. The summed E-state index contributed by atoms with van der Waals surface area (Å²) in [6.45, 7) is 0.435. The van der Waals surface area contributed by atoms with Crippen LogP contribution in [0.5, 0.6) is 0 Å². The molecule has 3 aromatic rings. The SMILES string of the molecule is CN(C)C(CNC(=O)Cn1c(=O)cnc2ccccc21)c1ccccc1. The van der Waals surface area contributed by atoms with E-state index < -0.39 is 0 Å². The van der Waals surface area contributed by atoms with Crippen molar-refractivity contribution in [3.8, 4) is 0 Å². The minimum Gasteiger partial charge on any atom is -0.353 e. The highest BCUT2D eigenvalue weighted by atomic mass is 16.2. The molecular formula is C20H22N4O2. The lowest BCUT2D eigenvalue weighted by molar-refractivity contribution is -0.121. The van der Waals surface area contributed by atoms with Gasteiger partial charge < -0.3 is 10.2 Å². The second-order valence-corrected chi connectivity index (χ2v) is 6.37. The highest BCUT2D eigenvalue weighted by molar-refractivity contribution is 5.79. The van der Waals surface area contributed by atoms with Crippen LogP contribution in [0.3, 0.4) is 0 Å². The van der Waals surface area contributed by atoms with Crippen molar-refractivity contribution in [1.82, 2.24) is 19.8 Å². The van der Waals surface area contributed by atoms with Crippen molar-refractivity contribution in [1.29, 1.82) is 0 Å². The minimum atomic E-state index is -0.286. The zero-order valence-corrected chi connectivity index (χ0v) is 14.9. The van der Waals surface area contributed by atoms with Crippen LogP contribution in [-0.2, 0) is 11.3 Å². The first-order valence-corrected chi connectivity index (χ1v) is 8.49. The van der Waals surface area contributed by atoms with Crippen molar-refractivity contribution in [2.75, 3.05) is 20.6 Å². The third-order valence-corrected chi connectivity index (χ3v) is 4.35. The molecule has 0 bridgehead atoms. The average molecular weight is 350 g/mol. The number of amides is 1. The number of nitrogens with zero attached hydrogens (tertiary/aromatic N) is 3. The van der Waals surface area contributed by atoms with Crippen molar-refractivity contribution < 1.29 is 4.79 Å². The molecule has 0 fully saturated rings. The smallest absolute Gasteiger partial charge is 0.269 e. The molecule has 0 radical (unpaired) electrons. The average Bonchev–Trinajstić information content (AvgIpc) is 2.65. The molecule has 6 nitrogen and oxygen atoms in total. The fraction of sp³-hybridized carbons (Fsp3) is 0.250. The summed E-state index contributed by atoms with van der Waals surface area (Å²) in [5, 5.41) is 2.94. The number of carbonyl (C=O) groups excluding carboxylic acids is 1. The lowest BCUT2D eigenvalue weighted by atomic mass is 10.1. The van der Waals surface area contributed by atoms with Crippen molar-refractivity contribution >= 4 is 16.9 Å². The van der Waals surface area contributed by atoms with E-state index in [9.17, 15) is 9.59 Å². The van der Waals surface area contributed by atoms with Gasteiger partial charge in [0.2, 0.25) is 5.91 Å². The number of nitrogens with one attached hydrogen (secondary N) is 1. The van der Waals surface area contributed by atoms with Gasteiger partial charge in [-0.05, 0) is 31.8 Å². The number of carbonyl (C=O) groups is 1. The van der Waals surface area contributed by atoms with Crippen molar-refractivity contribution in [2.24, 2.45) is 0 Å². The van der Waals surface area contributed by atoms with Gasteiger partial charge in [0, 0.05) is 6.54 Å². The van der Waals surface area contributed by atoms with Gasteiger partial charge in [-0.15, -0.1) is 0 Å². The van der Waals surface area contributed by atoms with Gasteiger partial charge in [-0.1, -0.05) is 42.5 Å². The Bertz CT molecular complexity index is 951. The van der Waals surface area contributed by atoms with Crippen LogP contribution in [0.2, 0.25) is 0 Å². The van der Waals surface area contributed by atoms with Gasteiger partial charge in [0.25, 0.3) is 5.56 Å². The molecule has 1 N–H and O–H groups in total. The van der Waals surface area contributed by atoms with Crippen LogP contribution in [0.1, 0.15) is 11.6 Å². The summed E-state index contributed by atoms with van der Waals surface area (Å²) in [4.78, 5) is 30.8. The Labute approximate surface area is 152 Å². The van der Waals surface area contributed by atoms with E-state index in [2.05, 4.69) is 15.2 Å². The molecule has 1 heterocycles. The number of fused-ring (bicyclic) bond motifs is 1. The molecule has 1 amide bonds. The van der Waals surface area contributed by atoms with E-state index in [-0.39, 0.29) is 24.1 Å². The maximum Gasteiger partial charge on any atom is 0.269 e. The maximum atomic E-state index is 12.5. The first kappa shape index (κ1) is 17.8. The highest BCUT2D eigenvalue weighted by Gasteiger charge is 2.16. The third-order valence-electron chi connectivity index (χ3n) is 4.35. The number of hydrogen-bond donors (Lipinski definition) is 1. The lowest BCUT2D eigenvalue weighted by Crippen LogP contribution is -2.37. The predicted molar refractivity (Wildman–Crippen MR) is 102 cm³/mol. The summed E-state index contributed by atoms with van der Waals surface area (Å²) in [5.74, 6) is -0.203. The van der Waals surface area contributed by atoms with E-state index in [1.165, 1.54) is 10.8 Å². The molecule has 0 aliphatic rings. The molecule has 0 saturated carbocycles. The van der Waals surface area contributed by atoms with E-state index >= 15 is 0 Å². The van der Waals surface area contributed by atoms with Gasteiger partial charge in [-0.25, -0.2) is 4.98 Å². The van der Waals surface area contributed by atoms with Crippen LogP contribution in [-0.4, -0.2) is 41.0 Å². The zero-order valence-electron chi connectivity index (χ0n) is 14.9. The zero-order chi connectivity index (χ0) is 18.5. The van der Waals surface area contributed by atoms with Gasteiger partial charge in [0.15, 0.2) is 0 Å². The Kier molecular flexibility index (Phi) is 5.43.